The summed E-state index contributed by atoms with van der Waals surface area (Å²) in [5.41, 5.74) is 0. The Morgan fingerprint density at radius 1 is 1.56 bits per heavy atom. The molecule has 0 aromatic rings. The Morgan fingerprint density at radius 3 is 2.22 bits per heavy atom. The molecule has 0 atom stereocenters. The monoisotopic (exact) mass is 149 g/mol. The van der Waals surface area contributed by atoms with Gasteiger partial charge in [-0.05, 0) is 5.92 Å². The van der Waals surface area contributed by atoms with Crippen LogP contribution in [0.25, 0.3) is 0 Å². The molecule has 0 radical (unpaired) electrons. The molecule has 1 rings (SSSR count). The molecule has 3 nitrogen and oxygen atoms in total. The molecule has 0 amide bonds. The lowest BCUT2D eigenvalue weighted by Crippen LogP contribution is -2.45. The fraction of sp³-hybridized carbons (Fsp3) is 1.00. The smallest absolute Gasteiger partial charge is 0.147 e. The lowest BCUT2D eigenvalue weighted by atomic mass is 10.1. The Bertz CT molecular complexity index is 181. The predicted molar refractivity (Wildman–Crippen MR) is 36.1 cm³/mol. The van der Waals surface area contributed by atoms with Gasteiger partial charge in [0.15, 0.2) is 0 Å². The molecule has 1 fully saturated rings. The molecule has 0 aliphatic carbocycles. The van der Waals surface area contributed by atoms with Crippen LogP contribution < -0.4 is 5.32 Å². The molecule has 1 saturated heterocycles. The maximum Gasteiger partial charge on any atom is 0.147 e. The number of hydrogen-bond acceptors (Lipinski definition) is 3. The van der Waals surface area contributed by atoms with Gasteiger partial charge in [0.1, 0.15) is 9.84 Å². The third-order valence-corrected chi connectivity index (χ3v) is 2.48. The summed E-state index contributed by atoms with van der Waals surface area (Å²) in [5.74, 6) is 0.722. The lowest BCUT2D eigenvalue weighted by molar-refractivity contribution is 0.379. The van der Waals surface area contributed by atoms with Gasteiger partial charge < -0.3 is 5.32 Å². The van der Waals surface area contributed by atoms with E-state index < -0.39 is 9.84 Å². The maximum absolute atomic E-state index is 10.6. The number of hydrogen-bond donors (Lipinski definition) is 1. The first kappa shape index (κ1) is 7.02. The first-order chi connectivity index (χ1) is 4.08. The van der Waals surface area contributed by atoms with Crippen molar-refractivity contribution >= 4 is 9.84 Å². The van der Waals surface area contributed by atoms with Crippen molar-refractivity contribution in [2.75, 3.05) is 25.1 Å². The summed E-state index contributed by atoms with van der Waals surface area (Å²) in [6.45, 7) is 1.74. The lowest BCUT2D eigenvalue weighted by Gasteiger charge is -2.25. The van der Waals surface area contributed by atoms with E-state index in [-0.39, 0.29) is 0 Å². The zero-order valence-corrected chi connectivity index (χ0v) is 6.24. The normalized spacial score (nSPS) is 21.4. The van der Waals surface area contributed by atoms with Crippen molar-refractivity contribution < 1.29 is 8.42 Å². The van der Waals surface area contributed by atoms with Gasteiger partial charge in [0.25, 0.3) is 0 Å². The molecule has 1 aliphatic rings. The molecule has 1 heterocycles. The molecular weight excluding hydrogens is 138 g/mol. The van der Waals surface area contributed by atoms with Crippen LogP contribution in [0.4, 0.5) is 0 Å². The van der Waals surface area contributed by atoms with E-state index in [1.54, 1.807) is 0 Å². The topological polar surface area (TPSA) is 46.2 Å². The minimum atomic E-state index is -2.72. The summed E-state index contributed by atoms with van der Waals surface area (Å²) in [6, 6.07) is 0. The zero-order valence-electron chi connectivity index (χ0n) is 5.42. The summed E-state index contributed by atoms with van der Waals surface area (Å²) >= 11 is 0. The van der Waals surface area contributed by atoms with Crippen molar-refractivity contribution in [2.45, 2.75) is 0 Å². The summed E-state index contributed by atoms with van der Waals surface area (Å²) in [7, 11) is -2.72. The molecule has 9 heavy (non-hydrogen) atoms. The highest BCUT2D eigenvalue weighted by molar-refractivity contribution is 7.90. The predicted octanol–water partition coefficient (Wildman–Crippen LogP) is -0.750. The highest BCUT2D eigenvalue weighted by Crippen LogP contribution is 2.04. The third kappa shape index (κ3) is 2.32. The van der Waals surface area contributed by atoms with Crippen molar-refractivity contribution in [3.05, 3.63) is 0 Å². The molecule has 0 aromatic carbocycles. The van der Waals surface area contributed by atoms with Gasteiger partial charge in [-0.3, -0.25) is 0 Å². The number of sulfone groups is 1. The zero-order chi connectivity index (χ0) is 6.91. The Hall–Kier alpha value is -0.0900. The molecule has 0 unspecified atom stereocenters. The van der Waals surface area contributed by atoms with E-state index in [1.807, 2.05) is 0 Å². The van der Waals surface area contributed by atoms with Crippen LogP contribution in [0, 0.1) is 5.92 Å². The molecule has 54 valence electrons. The summed E-state index contributed by atoms with van der Waals surface area (Å²) in [4.78, 5) is 0. The largest absolute Gasteiger partial charge is 0.316 e. The van der Waals surface area contributed by atoms with E-state index in [0.29, 0.717) is 11.7 Å². The minimum Gasteiger partial charge on any atom is -0.316 e. The van der Waals surface area contributed by atoms with Crippen molar-refractivity contribution in [1.82, 2.24) is 5.32 Å². The van der Waals surface area contributed by atoms with Gasteiger partial charge in [0.2, 0.25) is 0 Å². The number of nitrogens with one attached hydrogen (secondary N) is 1. The van der Waals surface area contributed by atoms with Crippen molar-refractivity contribution in [2.24, 2.45) is 5.92 Å². The van der Waals surface area contributed by atoms with Gasteiger partial charge in [0.05, 0.1) is 5.75 Å². The molecule has 0 aromatic heterocycles. The van der Waals surface area contributed by atoms with E-state index in [2.05, 4.69) is 5.32 Å². The molecule has 0 spiro atoms. The Labute approximate surface area is 55.4 Å². The van der Waals surface area contributed by atoms with E-state index in [0.717, 1.165) is 13.1 Å². The summed E-state index contributed by atoms with van der Waals surface area (Å²) < 4.78 is 21.2. The molecule has 4 heteroatoms. The minimum absolute atomic E-state index is 0.347. The van der Waals surface area contributed by atoms with E-state index in [1.165, 1.54) is 6.26 Å². The van der Waals surface area contributed by atoms with Crippen LogP contribution in [-0.2, 0) is 9.84 Å². The van der Waals surface area contributed by atoms with E-state index >= 15 is 0 Å². The second-order valence-electron chi connectivity index (χ2n) is 2.62. The average Bonchev–Trinajstić information content (AvgIpc) is 1.53. The van der Waals surface area contributed by atoms with Crippen LogP contribution in [-0.4, -0.2) is 33.5 Å². The second kappa shape index (κ2) is 2.27. The fourth-order valence-corrected chi connectivity index (χ4v) is 1.99. The van der Waals surface area contributed by atoms with Crippen LogP contribution in [0.1, 0.15) is 0 Å². The van der Waals surface area contributed by atoms with E-state index in [9.17, 15) is 8.42 Å². The Morgan fingerprint density at radius 2 is 2.11 bits per heavy atom. The van der Waals surface area contributed by atoms with Crippen LogP contribution in [0.3, 0.4) is 0 Å². The number of rotatable bonds is 2. The van der Waals surface area contributed by atoms with Crippen molar-refractivity contribution in [3.63, 3.8) is 0 Å². The standard InChI is InChI=1S/C5H11NO2S/c1-9(7,8)4-5-2-6-3-5/h5-6H,2-4H2,1H3. The quantitative estimate of drug-likeness (QED) is 0.562. The van der Waals surface area contributed by atoms with Crippen molar-refractivity contribution in [3.8, 4) is 0 Å². The van der Waals surface area contributed by atoms with Crippen LogP contribution in [0.15, 0.2) is 0 Å². The summed E-state index contributed by atoms with van der Waals surface area (Å²) in [5, 5.41) is 3.02. The maximum atomic E-state index is 10.6. The molecule has 1 aliphatic heterocycles. The van der Waals surface area contributed by atoms with Gasteiger partial charge in [-0.2, -0.15) is 0 Å². The van der Waals surface area contributed by atoms with Crippen molar-refractivity contribution in [1.29, 1.82) is 0 Å². The van der Waals surface area contributed by atoms with Crippen LogP contribution in [0.2, 0.25) is 0 Å². The van der Waals surface area contributed by atoms with Gasteiger partial charge in [-0.15, -0.1) is 0 Å². The molecule has 0 saturated carbocycles. The van der Waals surface area contributed by atoms with Gasteiger partial charge in [-0.1, -0.05) is 0 Å². The summed E-state index contributed by atoms with van der Waals surface area (Å²) in [6.07, 6.45) is 1.28. The first-order valence-electron chi connectivity index (χ1n) is 2.96. The average molecular weight is 149 g/mol. The Balaban J connectivity index is 2.33. The third-order valence-electron chi connectivity index (χ3n) is 1.40. The molecular formula is C5H11NO2S. The first-order valence-corrected chi connectivity index (χ1v) is 5.02. The molecule has 0 bridgehead atoms. The van der Waals surface area contributed by atoms with Gasteiger partial charge in [-0.25, -0.2) is 8.42 Å². The van der Waals surface area contributed by atoms with Gasteiger partial charge >= 0.3 is 0 Å². The molecule has 1 N–H and O–H groups in total. The highest BCUT2D eigenvalue weighted by atomic mass is 32.2. The fourth-order valence-electron chi connectivity index (χ4n) is 0.894. The second-order valence-corrected chi connectivity index (χ2v) is 4.80. The van der Waals surface area contributed by atoms with Crippen LogP contribution in [0.5, 0.6) is 0 Å². The Kier molecular flexibility index (Phi) is 1.77. The SMILES string of the molecule is CS(=O)(=O)CC1CNC1. The highest BCUT2D eigenvalue weighted by Gasteiger charge is 2.20. The van der Waals surface area contributed by atoms with E-state index in [4.69, 9.17) is 0 Å². The van der Waals surface area contributed by atoms with Gasteiger partial charge in [0, 0.05) is 19.3 Å². The van der Waals surface area contributed by atoms with Crippen LogP contribution >= 0.6 is 0 Å².